The zero-order chi connectivity index (χ0) is 10.6. The minimum absolute atomic E-state index is 0.381. The van der Waals surface area contributed by atoms with Crippen LogP contribution in [0.25, 0.3) is 4.98 Å². The highest BCUT2D eigenvalue weighted by molar-refractivity contribution is 5.70. The number of anilines is 1. The summed E-state index contributed by atoms with van der Waals surface area (Å²) >= 11 is 0. The first-order valence-electron chi connectivity index (χ1n) is 4.67. The minimum atomic E-state index is 0.381. The topological polar surface area (TPSA) is 51.6 Å². The molecule has 0 fully saturated rings. The van der Waals surface area contributed by atoms with E-state index in [1.54, 1.807) is 6.07 Å². The Balaban J connectivity index is 3.16. The fourth-order valence-corrected chi connectivity index (χ4v) is 1.25. The highest BCUT2D eigenvalue weighted by Crippen LogP contribution is 2.28. The number of benzene rings is 1. The Morgan fingerprint density at radius 1 is 1.43 bits per heavy atom. The maximum absolute atomic E-state index is 9.52. The molecule has 0 radical (unpaired) electrons. The molecule has 0 unspecified atom stereocenters. The number of nitrogens with zero attached hydrogens (tertiary/aromatic N) is 3. The van der Waals surface area contributed by atoms with E-state index in [9.17, 15) is 5.21 Å². The normalized spacial score (nSPS) is 9.57. The Kier molecular flexibility index (Phi) is 3.43. The van der Waals surface area contributed by atoms with Gasteiger partial charge in [0, 0.05) is 12.6 Å². The van der Waals surface area contributed by atoms with Crippen LogP contribution < -0.4 is 5.06 Å². The Morgan fingerprint density at radius 3 is 2.64 bits per heavy atom. The SMILES string of the molecule is CCc1ccc([N+]#N)c(N(O)CC)c1. The summed E-state index contributed by atoms with van der Waals surface area (Å²) in [6.07, 6.45) is 0.885. The van der Waals surface area contributed by atoms with Crippen LogP contribution in [0.3, 0.4) is 0 Å². The van der Waals surface area contributed by atoms with Crippen LogP contribution in [0.15, 0.2) is 18.2 Å². The second-order valence-corrected chi connectivity index (χ2v) is 2.99. The average Bonchev–Trinajstić information content (AvgIpc) is 2.27. The van der Waals surface area contributed by atoms with E-state index in [-0.39, 0.29) is 0 Å². The van der Waals surface area contributed by atoms with Crippen molar-refractivity contribution in [3.05, 3.63) is 28.7 Å². The lowest BCUT2D eigenvalue weighted by Gasteiger charge is -2.12. The molecule has 0 aliphatic carbocycles. The predicted octanol–water partition coefficient (Wildman–Crippen LogP) is 2.95. The standard InChI is InChI=1S/C10H14N3O/c1-3-8-5-6-9(12-11)10(7-8)13(14)4-2/h5-7,14H,3-4H2,1-2H3/q+1. The smallest absolute Gasteiger partial charge is 0.288 e. The molecule has 4 nitrogen and oxygen atoms in total. The second-order valence-electron chi connectivity index (χ2n) is 2.99. The molecular weight excluding hydrogens is 178 g/mol. The van der Waals surface area contributed by atoms with Crippen LogP contribution in [0.5, 0.6) is 0 Å². The molecule has 1 N–H and O–H groups in total. The molecule has 0 saturated carbocycles. The van der Waals surface area contributed by atoms with E-state index in [1.807, 2.05) is 26.0 Å². The summed E-state index contributed by atoms with van der Waals surface area (Å²) in [5, 5.41) is 19.3. The number of aryl methyl sites for hydroxylation is 1. The Bertz CT molecular complexity index is 357. The van der Waals surface area contributed by atoms with Crippen LogP contribution in [-0.4, -0.2) is 11.8 Å². The Hall–Kier alpha value is -1.60. The summed E-state index contributed by atoms with van der Waals surface area (Å²) < 4.78 is 0. The van der Waals surface area contributed by atoms with Gasteiger partial charge in [-0.15, -0.1) is 0 Å². The molecule has 4 heteroatoms. The van der Waals surface area contributed by atoms with Gasteiger partial charge in [-0.3, -0.25) is 5.21 Å². The molecule has 0 aliphatic rings. The van der Waals surface area contributed by atoms with E-state index in [1.165, 1.54) is 0 Å². The lowest BCUT2D eigenvalue weighted by Crippen LogP contribution is -2.16. The summed E-state index contributed by atoms with van der Waals surface area (Å²) in [5.74, 6) is 0. The molecule has 0 bridgehead atoms. The van der Waals surface area contributed by atoms with Crippen molar-refractivity contribution in [3.63, 3.8) is 0 Å². The van der Waals surface area contributed by atoms with Gasteiger partial charge in [-0.25, -0.2) is 5.06 Å². The molecule has 1 aromatic rings. The molecule has 0 aromatic heterocycles. The van der Waals surface area contributed by atoms with Gasteiger partial charge in [0.25, 0.3) is 0 Å². The average molecular weight is 192 g/mol. The van der Waals surface area contributed by atoms with E-state index >= 15 is 0 Å². The lowest BCUT2D eigenvalue weighted by molar-refractivity contribution is 0.260. The number of hydrogen-bond acceptors (Lipinski definition) is 3. The van der Waals surface area contributed by atoms with Crippen LogP contribution in [0.1, 0.15) is 19.4 Å². The molecule has 1 rings (SSSR count). The van der Waals surface area contributed by atoms with Gasteiger partial charge in [-0.1, -0.05) is 13.0 Å². The molecule has 14 heavy (non-hydrogen) atoms. The molecular formula is C10H14N3O+. The summed E-state index contributed by atoms with van der Waals surface area (Å²) in [5.41, 5.74) is 2.01. The van der Waals surface area contributed by atoms with E-state index in [0.717, 1.165) is 17.0 Å². The van der Waals surface area contributed by atoms with Crippen LogP contribution in [0.2, 0.25) is 0 Å². The number of rotatable bonds is 3. The molecule has 74 valence electrons. The third-order valence-corrected chi connectivity index (χ3v) is 2.13. The van der Waals surface area contributed by atoms with Crippen LogP contribution in [0, 0.1) is 5.39 Å². The summed E-state index contributed by atoms with van der Waals surface area (Å²) in [7, 11) is 0. The third-order valence-electron chi connectivity index (χ3n) is 2.13. The number of diazo groups is 1. The monoisotopic (exact) mass is 192 g/mol. The quantitative estimate of drug-likeness (QED) is 0.591. The predicted molar refractivity (Wildman–Crippen MR) is 55.4 cm³/mol. The Morgan fingerprint density at radius 2 is 2.14 bits per heavy atom. The van der Waals surface area contributed by atoms with Gasteiger partial charge >= 0.3 is 5.69 Å². The molecule has 0 aliphatic heterocycles. The molecule has 0 amide bonds. The second kappa shape index (κ2) is 4.58. The highest BCUT2D eigenvalue weighted by atomic mass is 16.5. The van der Waals surface area contributed by atoms with E-state index < -0.39 is 0 Å². The van der Waals surface area contributed by atoms with Crippen LogP contribution >= 0.6 is 0 Å². The van der Waals surface area contributed by atoms with Crippen molar-refractivity contribution in [1.82, 2.24) is 0 Å². The molecule has 0 heterocycles. The zero-order valence-corrected chi connectivity index (χ0v) is 8.44. The first kappa shape index (κ1) is 10.5. The van der Waals surface area contributed by atoms with Gasteiger partial charge < -0.3 is 0 Å². The van der Waals surface area contributed by atoms with E-state index in [2.05, 4.69) is 4.98 Å². The van der Waals surface area contributed by atoms with Crippen molar-refractivity contribution in [2.45, 2.75) is 20.3 Å². The first-order valence-corrected chi connectivity index (χ1v) is 4.67. The van der Waals surface area contributed by atoms with Gasteiger partial charge in [0.1, 0.15) is 0 Å². The van der Waals surface area contributed by atoms with Gasteiger partial charge in [0.2, 0.25) is 5.39 Å². The third kappa shape index (κ3) is 2.01. The van der Waals surface area contributed by atoms with Crippen LogP contribution in [0.4, 0.5) is 11.4 Å². The Labute approximate surface area is 83.4 Å². The van der Waals surface area contributed by atoms with Gasteiger partial charge in [0.05, 0.1) is 0 Å². The maximum Gasteiger partial charge on any atom is 0.410 e. The van der Waals surface area contributed by atoms with E-state index in [0.29, 0.717) is 17.9 Å². The van der Waals surface area contributed by atoms with Gasteiger partial charge in [0.15, 0.2) is 10.7 Å². The van der Waals surface area contributed by atoms with Crippen molar-refractivity contribution < 1.29 is 5.21 Å². The summed E-state index contributed by atoms with van der Waals surface area (Å²) in [6, 6.07) is 5.38. The zero-order valence-electron chi connectivity index (χ0n) is 8.44. The van der Waals surface area contributed by atoms with E-state index in [4.69, 9.17) is 5.39 Å². The molecule has 0 saturated heterocycles. The molecule has 0 atom stereocenters. The minimum Gasteiger partial charge on any atom is -0.288 e. The highest BCUT2D eigenvalue weighted by Gasteiger charge is 2.17. The summed E-state index contributed by atoms with van der Waals surface area (Å²) in [4.78, 5) is 3.11. The fraction of sp³-hybridized carbons (Fsp3) is 0.400. The largest absolute Gasteiger partial charge is 0.410 e. The van der Waals surface area contributed by atoms with Crippen molar-refractivity contribution >= 4 is 11.4 Å². The van der Waals surface area contributed by atoms with Crippen molar-refractivity contribution in [2.75, 3.05) is 11.6 Å². The van der Waals surface area contributed by atoms with Gasteiger partial charge in [-0.05, 0) is 25.0 Å². The lowest BCUT2D eigenvalue weighted by atomic mass is 10.1. The van der Waals surface area contributed by atoms with Gasteiger partial charge in [-0.2, -0.15) is 0 Å². The number of hydroxylamine groups is 1. The molecule has 0 spiro atoms. The summed E-state index contributed by atoms with van der Waals surface area (Å²) in [6.45, 7) is 4.30. The number of hydrogen-bond donors (Lipinski definition) is 1. The molecule has 1 aromatic carbocycles. The maximum atomic E-state index is 9.52. The first-order chi connectivity index (χ1) is 6.72. The van der Waals surface area contributed by atoms with Crippen molar-refractivity contribution in [1.29, 1.82) is 5.39 Å². The fourth-order valence-electron chi connectivity index (χ4n) is 1.25. The van der Waals surface area contributed by atoms with Crippen molar-refractivity contribution in [3.8, 4) is 0 Å². The van der Waals surface area contributed by atoms with Crippen molar-refractivity contribution in [2.24, 2.45) is 0 Å². The van der Waals surface area contributed by atoms with Crippen LogP contribution in [-0.2, 0) is 6.42 Å².